The van der Waals surface area contributed by atoms with Gasteiger partial charge in [-0.15, -0.1) is 0 Å². The smallest absolute Gasteiger partial charge is 0.325 e. The maximum Gasteiger partial charge on any atom is 0.325 e. The number of hydroxylamine groups is 1. The van der Waals surface area contributed by atoms with Gasteiger partial charge in [-0.25, -0.2) is 4.98 Å². The fourth-order valence-electron chi connectivity index (χ4n) is 0.897. The molecule has 6 nitrogen and oxygen atoms in total. The highest BCUT2D eigenvalue weighted by Gasteiger charge is 2.02. The quantitative estimate of drug-likeness (QED) is 0.405. The number of fused-ring (bicyclic) bond motifs is 1. The molecule has 0 aliphatic rings. The molecule has 0 spiro atoms. The number of pyridine rings is 1. The zero-order valence-corrected chi connectivity index (χ0v) is 6.51. The second-order valence-electron chi connectivity index (χ2n) is 2.21. The average Bonchev–Trinajstić information content (AvgIpc) is 2.57. The molecule has 2 heterocycles. The molecule has 0 saturated carbocycles. The van der Waals surface area contributed by atoms with E-state index in [2.05, 4.69) is 15.0 Å². The molecule has 2 rings (SSSR count). The van der Waals surface area contributed by atoms with Crippen molar-refractivity contribution in [1.82, 2.24) is 15.4 Å². The van der Waals surface area contributed by atoms with Crippen molar-refractivity contribution in [2.75, 3.05) is 0 Å². The van der Waals surface area contributed by atoms with Crippen LogP contribution in [0.15, 0.2) is 27.7 Å². The molecule has 2 N–H and O–H groups in total. The van der Waals surface area contributed by atoms with Crippen molar-refractivity contribution >= 4 is 23.6 Å². The fourth-order valence-corrected chi connectivity index (χ4v) is 0.897. The summed E-state index contributed by atoms with van der Waals surface area (Å²) in [6, 6.07) is 3.63. The molecule has 0 aromatic carbocycles. The van der Waals surface area contributed by atoms with Crippen LogP contribution in [0.3, 0.4) is 0 Å². The summed E-state index contributed by atoms with van der Waals surface area (Å²) in [7, 11) is 0. The molecule has 2 aromatic rings. The van der Waals surface area contributed by atoms with Crippen LogP contribution in [0.25, 0.3) is 11.2 Å². The Morgan fingerprint density at radius 2 is 2.54 bits per heavy atom. The fraction of sp³-hybridized carbons (Fsp3) is 0. The summed E-state index contributed by atoms with van der Waals surface area (Å²) in [6.07, 6.45) is 2.67. The highest BCUT2D eigenvalue weighted by molar-refractivity contribution is 5.69. The Morgan fingerprint density at radius 1 is 1.62 bits per heavy atom. The topological polar surface area (TPSA) is 83.5 Å². The molecule has 0 bridgehead atoms. The van der Waals surface area contributed by atoms with Crippen molar-refractivity contribution in [3.8, 4) is 0 Å². The first-order chi connectivity index (χ1) is 6.40. The van der Waals surface area contributed by atoms with Crippen LogP contribution in [0.1, 0.15) is 0 Å². The highest BCUT2D eigenvalue weighted by atomic mass is 16.5. The third-order valence-electron chi connectivity index (χ3n) is 1.39. The maximum atomic E-state index is 8.22. The third-order valence-corrected chi connectivity index (χ3v) is 1.39. The van der Waals surface area contributed by atoms with E-state index in [-0.39, 0.29) is 6.01 Å². The number of nitrogens with one attached hydrogen (secondary N) is 1. The largest absolute Gasteiger partial charge is 0.420 e. The first-order valence-corrected chi connectivity index (χ1v) is 3.54. The van der Waals surface area contributed by atoms with Crippen LogP contribution in [0.5, 0.6) is 0 Å². The standard InChI is InChI=1S/C7H6N4O2/c12-10-4-9-7-11-6-5(13-7)2-1-3-8-6/h1-4,12H,(H,8,9,10,11). The van der Waals surface area contributed by atoms with Crippen molar-refractivity contribution < 1.29 is 9.62 Å². The summed E-state index contributed by atoms with van der Waals surface area (Å²) >= 11 is 0. The number of aliphatic imine (C=N–C) groups is 1. The van der Waals surface area contributed by atoms with Gasteiger partial charge >= 0.3 is 6.01 Å². The third kappa shape index (κ3) is 1.47. The molecule has 2 aromatic heterocycles. The molecule has 66 valence electrons. The minimum Gasteiger partial charge on any atom is -0.420 e. The van der Waals surface area contributed by atoms with Gasteiger partial charge < -0.3 is 4.42 Å². The summed E-state index contributed by atoms with van der Waals surface area (Å²) in [5.41, 5.74) is 2.80. The van der Waals surface area contributed by atoms with Gasteiger partial charge in [-0.3, -0.25) is 10.7 Å². The van der Waals surface area contributed by atoms with Crippen LogP contribution in [0.4, 0.5) is 6.01 Å². The van der Waals surface area contributed by atoms with Crippen molar-refractivity contribution in [3.05, 3.63) is 18.3 Å². The Hall–Kier alpha value is -1.95. The molecular weight excluding hydrogens is 172 g/mol. The monoisotopic (exact) mass is 178 g/mol. The van der Waals surface area contributed by atoms with Gasteiger partial charge in [-0.1, -0.05) is 0 Å². The lowest BCUT2D eigenvalue weighted by molar-refractivity contribution is 0.239. The van der Waals surface area contributed by atoms with Gasteiger partial charge in [0.25, 0.3) is 0 Å². The van der Waals surface area contributed by atoms with E-state index in [9.17, 15) is 0 Å². The Morgan fingerprint density at radius 3 is 3.31 bits per heavy atom. The van der Waals surface area contributed by atoms with E-state index >= 15 is 0 Å². The summed E-state index contributed by atoms with van der Waals surface area (Å²) in [5.74, 6) is 0. The molecule has 13 heavy (non-hydrogen) atoms. The average molecular weight is 178 g/mol. The lowest BCUT2D eigenvalue weighted by Gasteiger charge is -1.81. The predicted molar refractivity (Wildman–Crippen MR) is 44.9 cm³/mol. The number of nitrogens with zero attached hydrogens (tertiary/aromatic N) is 3. The Bertz CT molecular complexity index is 404. The van der Waals surface area contributed by atoms with E-state index in [0.29, 0.717) is 11.2 Å². The minimum atomic E-state index is 0.148. The van der Waals surface area contributed by atoms with E-state index in [1.54, 1.807) is 23.8 Å². The lowest BCUT2D eigenvalue weighted by atomic mass is 10.5. The van der Waals surface area contributed by atoms with Gasteiger partial charge in [-0.05, 0) is 12.1 Å². The molecule has 0 aliphatic carbocycles. The highest BCUT2D eigenvalue weighted by Crippen LogP contribution is 2.17. The van der Waals surface area contributed by atoms with Crippen LogP contribution >= 0.6 is 0 Å². The second-order valence-corrected chi connectivity index (χ2v) is 2.21. The Balaban J connectivity index is 2.44. The van der Waals surface area contributed by atoms with E-state index in [1.807, 2.05) is 0 Å². The van der Waals surface area contributed by atoms with Crippen molar-refractivity contribution in [3.63, 3.8) is 0 Å². The Kier molecular flexibility index (Phi) is 1.89. The van der Waals surface area contributed by atoms with E-state index in [1.165, 1.54) is 0 Å². The van der Waals surface area contributed by atoms with Crippen LogP contribution in [-0.4, -0.2) is 21.5 Å². The van der Waals surface area contributed by atoms with E-state index in [4.69, 9.17) is 9.62 Å². The molecule has 0 amide bonds. The van der Waals surface area contributed by atoms with Gasteiger partial charge in [0.05, 0.1) is 0 Å². The minimum absolute atomic E-state index is 0.148. The normalized spacial score (nSPS) is 11.2. The van der Waals surface area contributed by atoms with E-state index < -0.39 is 0 Å². The van der Waals surface area contributed by atoms with Crippen molar-refractivity contribution in [2.24, 2.45) is 4.99 Å². The van der Waals surface area contributed by atoms with Crippen LogP contribution in [-0.2, 0) is 0 Å². The zero-order valence-electron chi connectivity index (χ0n) is 6.51. The second kappa shape index (κ2) is 3.20. The first-order valence-electron chi connectivity index (χ1n) is 3.54. The maximum absolute atomic E-state index is 8.22. The summed E-state index contributed by atoms with van der Waals surface area (Å²) in [5, 5.41) is 8.22. The molecular formula is C7H6N4O2. The number of oxazole rings is 1. The summed E-state index contributed by atoms with van der Waals surface area (Å²) in [4.78, 5) is 11.5. The van der Waals surface area contributed by atoms with Crippen molar-refractivity contribution in [2.45, 2.75) is 0 Å². The zero-order chi connectivity index (χ0) is 9.10. The SMILES string of the molecule is ON/C=N/c1nc2ncccc2o1. The number of hydrogen-bond donors (Lipinski definition) is 2. The van der Waals surface area contributed by atoms with Crippen LogP contribution < -0.4 is 5.48 Å². The van der Waals surface area contributed by atoms with Gasteiger partial charge in [0.2, 0.25) is 5.65 Å². The van der Waals surface area contributed by atoms with Gasteiger partial charge in [0.15, 0.2) is 5.58 Å². The van der Waals surface area contributed by atoms with Gasteiger partial charge in [0, 0.05) is 6.20 Å². The molecule has 0 atom stereocenters. The molecule has 0 saturated heterocycles. The number of hydrogen-bond acceptors (Lipinski definition) is 5. The van der Waals surface area contributed by atoms with Gasteiger partial charge in [-0.2, -0.15) is 9.98 Å². The molecule has 6 heteroatoms. The lowest BCUT2D eigenvalue weighted by Crippen LogP contribution is -2.00. The summed E-state index contributed by atoms with van der Waals surface area (Å²) < 4.78 is 5.15. The van der Waals surface area contributed by atoms with Crippen LogP contribution in [0.2, 0.25) is 0 Å². The van der Waals surface area contributed by atoms with Gasteiger partial charge in [0.1, 0.15) is 6.34 Å². The Labute approximate surface area is 72.9 Å². The van der Waals surface area contributed by atoms with E-state index in [0.717, 1.165) is 6.34 Å². The summed E-state index contributed by atoms with van der Waals surface area (Å²) in [6.45, 7) is 0. The predicted octanol–water partition coefficient (Wildman–Crippen LogP) is 0.861. The molecule has 0 radical (unpaired) electrons. The molecule has 0 aliphatic heterocycles. The van der Waals surface area contributed by atoms with Crippen molar-refractivity contribution in [1.29, 1.82) is 0 Å². The molecule has 0 fully saturated rings. The number of rotatable bonds is 2. The first kappa shape index (κ1) is 7.69. The molecule has 0 unspecified atom stereocenters. The number of aromatic nitrogens is 2. The van der Waals surface area contributed by atoms with Crippen LogP contribution in [0, 0.1) is 0 Å².